The highest BCUT2D eigenvalue weighted by molar-refractivity contribution is 5.93. The Morgan fingerprint density at radius 3 is 2.69 bits per heavy atom. The summed E-state index contributed by atoms with van der Waals surface area (Å²) in [6.07, 6.45) is 1.70. The summed E-state index contributed by atoms with van der Waals surface area (Å²) in [6.45, 7) is 2.32. The van der Waals surface area contributed by atoms with Crippen molar-refractivity contribution in [2.45, 2.75) is 6.92 Å². The van der Waals surface area contributed by atoms with Crippen molar-refractivity contribution < 1.29 is 9.47 Å². The molecule has 0 saturated carbocycles. The number of nitrogens with zero attached hydrogens (tertiary/aromatic N) is 3. The molecule has 0 amide bonds. The van der Waals surface area contributed by atoms with Crippen LogP contribution in [0.25, 0.3) is 22.2 Å². The largest absolute Gasteiger partial charge is 0.454 e. The lowest BCUT2D eigenvalue weighted by molar-refractivity contribution is 0.174. The molecule has 0 radical (unpaired) electrons. The van der Waals surface area contributed by atoms with Crippen molar-refractivity contribution in [1.82, 2.24) is 9.97 Å². The summed E-state index contributed by atoms with van der Waals surface area (Å²) >= 11 is 0. The first-order valence-corrected chi connectivity index (χ1v) is 9.29. The van der Waals surface area contributed by atoms with Crippen LogP contribution in [0.2, 0.25) is 0 Å². The van der Waals surface area contributed by atoms with Crippen molar-refractivity contribution in [2.24, 2.45) is 5.10 Å². The maximum atomic E-state index is 5.40. The summed E-state index contributed by atoms with van der Waals surface area (Å²) in [6, 6.07) is 21.9. The Kier molecular flexibility index (Phi) is 4.29. The molecule has 0 bridgehead atoms. The zero-order chi connectivity index (χ0) is 19.6. The van der Waals surface area contributed by atoms with Crippen LogP contribution in [0.15, 0.2) is 71.8 Å². The van der Waals surface area contributed by atoms with Crippen molar-refractivity contribution in [3.63, 3.8) is 0 Å². The Bertz CT molecular complexity index is 1220. The molecule has 142 valence electrons. The van der Waals surface area contributed by atoms with E-state index in [1.54, 1.807) is 6.21 Å². The van der Waals surface area contributed by atoms with Gasteiger partial charge in [0.15, 0.2) is 11.5 Å². The monoisotopic (exact) mass is 382 g/mol. The number of aryl methyl sites for hydroxylation is 1. The lowest BCUT2D eigenvalue weighted by Crippen LogP contribution is -2.00. The third-order valence-electron chi connectivity index (χ3n) is 4.67. The Hall–Kier alpha value is -3.93. The van der Waals surface area contributed by atoms with E-state index in [1.807, 2.05) is 60.7 Å². The number of hydrogen-bond acceptors (Lipinski definition) is 6. The lowest BCUT2D eigenvalue weighted by atomic mass is 10.0. The van der Waals surface area contributed by atoms with E-state index >= 15 is 0 Å². The minimum absolute atomic E-state index is 0.251. The molecule has 0 saturated heterocycles. The molecule has 1 aliphatic rings. The zero-order valence-electron chi connectivity index (χ0n) is 15.8. The van der Waals surface area contributed by atoms with Crippen molar-refractivity contribution in [3.05, 3.63) is 77.9 Å². The van der Waals surface area contributed by atoms with E-state index in [0.29, 0.717) is 5.95 Å². The van der Waals surface area contributed by atoms with Crippen LogP contribution in [0.3, 0.4) is 0 Å². The van der Waals surface area contributed by atoms with Gasteiger partial charge in [0, 0.05) is 10.9 Å². The maximum absolute atomic E-state index is 5.40. The summed E-state index contributed by atoms with van der Waals surface area (Å²) in [4.78, 5) is 9.33. The molecule has 6 heteroatoms. The van der Waals surface area contributed by atoms with Gasteiger partial charge in [-0.25, -0.2) is 15.4 Å². The summed E-state index contributed by atoms with van der Waals surface area (Å²) in [5.74, 6) is 1.91. The Balaban J connectivity index is 1.48. The van der Waals surface area contributed by atoms with Gasteiger partial charge in [0.25, 0.3) is 0 Å². The second-order valence-electron chi connectivity index (χ2n) is 6.77. The molecular weight excluding hydrogens is 364 g/mol. The lowest BCUT2D eigenvalue weighted by Gasteiger charge is -2.09. The predicted octanol–water partition coefficient (Wildman–Crippen LogP) is 4.78. The van der Waals surface area contributed by atoms with Gasteiger partial charge in [-0.15, -0.1) is 0 Å². The fraction of sp³-hybridized carbons (Fsp3) is 0.0870. The van der Waals surface area contributed by atoms with Gasteiger partial charge >= 0.3 is 0 Å². The van der Waals surface area contributed by atoms with Gasteiger partial charge in [-0.3, -0.25) is 0 Å². The smallest absolute Gasteiger partial charge is 0.244 e. The zero-order valence-corrected chi connectivity index (χ0v) is 15.8. The second-order valence-corrected chi connectivity index (χ2v) is 6.77. The normalized spacial score (nSPS) is 12.6. The number of fused-ring (bicyclic) bond motifs is 2. The van der Waals surface area contributed by atoms with Crippen LogP contribution < -0.4 is 14.9 Å². The van der Waals surface area contributed by atoms with Gasteiger partial charge in [-0.1, -0.05) is 42.0 Å². The number of hydrazone groups is 1. The Morgan fingerprint density at radius 2 is 1.79 bits per heavy atom. The SMILES string of the molecule is Cc1ccc2nc(N/N=C/c3ccc4c(c3)OCO4)nc(-c3ccccc3)c2c1. The number of aromatic nitrogens is 2. The molecule has 1 N–H and O–H groups in total. The van der Waals surface area contributed by atoms with Crippen molar-refractivity contribution in [3.8, 4) is 22.8 Å². The molecule has 0 unspecified atom stereocenters. The van der Waals surface area contributed by atoms with Gasteiger partial charge in [0.05, 0.1) is 17.4 Å². The summed E-state index contributed by atoms with van der Waals surface area (Å²) < 4.78 is 10.7. The third kappa shape index (κ3) is 3.48. The Morgan fingerprint density at radius 1 is 0.931 bits per heavy atom. The molecule has 1 aromatic heterocycles. The van der Waals surface area contributed by atoms with Crippen LogP contribution in [0.1, 0.15) is 11.1 Å². The molecule has 5 rings (SSSR count). The molecule has 29 heavy (non-hydrogen) atoms. The van der Waals surface area contributed by atoms with Crippen molar-refractivity contribution in [1.29, 1.82) is 0 Å². The van der Waals surface area contributed by atoms with E-state index in [2.05, 4.69) is 28.5 Å². The average molecular weight is 382 g/mol. The summed E-state index contributed by atoms with van der Waals surface area (Å²) in [7, 11) is 0. The van der Waals surface area contributed by atoms with E-state index in [9.17, 15) is 0 Å². The fourth-order valence-corrected chi connectivity index (χ4v) is 3.27. The van der Waals surface area contributed by atoms with Gasteiger partial charge in [0.2, 0.25) is 12.7 Å². The first-order chi connectivity index (χ1) is 14.3. The quantitative estimate of drug-likeness (QED) is 0.406. The number of rotatable bonds is 4. The van der Waals surface area contributed by atoms with E-state index < -0.39 is 0 Å². The summed E-state index contributed by atoms with van der Waals surface area (Å²) in [5.41, 5.74) is 7.79. The fourth-order valence-electron chi connectivity index (χ4n) is 3.27. The highest BCUT2D eigenvalue weighted by Crippen LogP contribution is 2.32. The van der Waals surface area contributed by atoms with Gasteiger partial charge < -0.3 is 9.47 Å². The van der Waals surface area contributed by atoms with Crippen LogP contribution in [-0.2, 0) is 0 Å². The second kappa shape index (κ2) is 7.24. The van der Waals surface area contributed by atoms with Crippen LogP contribution >= 0.6 is 0 Å². The highest BCUT2D eigenvalue weighted by Gasteiger charge is 2.13. The molecule has 3 aromatic carbocycles. The van der Waals surface area contributed by atoms with Crippen LogP contribution in [0.5, 0.6) is 11.5 Å². The minimum Gasteiger partial charge on any atom is -0.454 e. The molecule has 6 nitrogen and oxygen atoms in total. The first-order valence-electron chi connectivity index (χ1n) is 9.29. The topological polar surface area (TPSA) is 68.6 Å². The van der Waals surface area contributed by atoms with E-state index in [4.69, 9.17) is 14.5 Å². The standard InChI is InChI=1S/C23H18N4O2/c1-15-7-9-19-18(11-15)22(17-5-3-2-4-6-17)26-23(25-19)27-24-13-16-8-10-20-21(12-16)29-14-28-20/h2-13H,14H2,1H3,(H,25,26,27)/b24-13+. The van der Waals surface area contributed by atoms with Gasteiger partial charge in [0.1, 0.15) is 0 Å². The van der Waals surface area contributed by atoms with Gasteiger partial charge in [-0.2, -0.15) is 5.10 Å². The van der Waals surface area contributed by atoms with E-state index in [-0.39, 0.29) is 6.79 Å². The highest BCUT2D eigenvalue weighted by atomic mass is 16.7. The molecule has 2 heterocycles. The maximum Gasteiger partial charge on any atom is 0.244 e. The molecular formula is C23H18N4O2. The first kappa shape index (κ1) is 17.2. The molecule has 4 aromatic rings. The number of ether oxygens (including phenoxy) is 2. The van der Waals surface area contributed by atoms with Gasteiger partial charge in [-0.05, 0) is 42.8 Å². The molecule has 0 atom stereocenters. The minimum atomic E-state index is 0.251. The molecule has 0 aliphatic carbocycles. The average Bonchev–Trinajstić information content (AvgIpc) is 3.22. The predicted molar refractivity (Wildman–Crippen MR) is 113 cm³/mol. The molecule has 0 fully saturated rings. The van der Waals surface area contributed by atoms with Crippen LogP contribution in [0, 0.1) is 6.92 Å². The van der Waals surface area contributed by atoms with Crippen LogP contribution in [-0.4, -0.2) is 23.0 Å². The van der Waals surface area contributed by atoms with Crippen LogP contribution in [0.4, 0.5) is 5.95 Å². The van der Waals surface area contributed by atoms with E-state index in [1.165, 1.54) is 5.56 Å². The third-order valence-corrected chi connectivity index (χ3v) is 4.67. The molecule has 1 aliphatic heterocycles. The molecule has 0 spiro atoms. The number of hydrogen-bond donors (Lipinski definition) is 1. The summed E-state index contributed by atoms with van der Waals surface area (Å²) in [5, 5.41) is 5.32. The number of nitrogens with one attached hydrogen (secondary N) is 1. The number of benzene rings is 3. The van der Waals surface area contributed by atoms with E-state index in [0.717, 1.165) is 39.2 Å². The number of anilines is 1. The van der Waals surface area contributed by atoms with Crippen molar-refractivity contribution >= 4 is 23.1 Å². The van der Waals surface area contributed by atoms with Crippen molar-refractivity contribution in [2.75, 3.05) is 12.2 Å². The Labute approximate surface area is 167 Å².